The zero-order chi connectivity index (χ0) is 18.5. The van der Waals surface area contributed by atoms with Crippen LogP contribution in [0.15, 0.2) is 0 Å². The molecule has 0 heteroatoms. The fourth-order valence-corrected chi connectivity index (χ4v) is 7.07. The van der Waals surface area contributed by atoms with Crippen molar-refractivity contribution in [1.82, 2.24) is 0 Å². The lowest BCUT2D eigenvalue weighted by atomic mass is 9.61. The standard InChI is InChI=1S/C26H48/c1-19(2)6-5-7-22-10-14-24(15-11-22)26-17-16-25(18-21(26)4)23-12-8-20(3)9-13-23/h19-26H,5-18H2,1-4H3. The Morgan fingerprint density at radius 3 is 1.92 bits per heavy atom. The van der Waals surface area contributed by atoms with Crippen molar-refractivity contribution in [3.8, 4) is 0 Å². The number of hydrogen-bond acceptors (Lipinski definition) is 0. The molecule has 26 heavy (non-hydrogen) atoms. The molecule has 3 aliphatic rings. The molecular formula is C26H48. The molecule has 0 aromatic carbocycles. The summed E-state index contributed by atoms with van der Waals surface area (Å²) in [5.41, 5.74) is 0. The first-order valence-electron chi connectivity index (χ1n) is 12.5. The molecule has 152 valence electrons. The zero-order valence-electron chi connectivity index (χ0n) is 18.5. The zero-order valence-corrected chi connectivity index (χ0v) is 18.5. The number of hydrogen-bond donors (Lipinski definition) is 0. The third-order valence-corrected chi connectivity index (χ3v) is 8.89. The fourth-order valence-electron chi connectivity index (χ4n) is 7.07. The van der Waals surface area contributed by atoms with Gasteiger partial charge in [-0.2, -0.15) is 0 Å². The molecule has 0 aliphatic heterocycles. The van der Waals surface area contributed by atoms with E-state index in [1.807, 2.05) is 0 Å². The lowest BCUT2D eigenvalue weighted by Gasteiger charge is -2.44. The first-order chi connectivity index (χ1) is 12.5. The maximum atomic E-state index is 2.62. The van der Waals surface area contributed by atoms with Crippen LogP contribution in [-0.4, -0.2) is 0 Å². The van der Waals surface area contributed by atoms with E-state index in [0.29, 0.717) is 0 Å². The predicted molar refractivity (Wildman–Crippen MR) is 115 cm³/mol. The van der Waals surface area contributed by atoms with Gasteiger partial charge in [-0.05, 0) is 92.3 Å². The Hall–Kier alpha value is 0. The minimum Gasteiger partial charge on any atom is -0.0628 e. The number of rotatable bonds is 6. The topological polar surface area (TPSA) is 0 Å². The van der Waals surface area contributed by atoms with Gasteiger partial charge in [-0.3, -0.25) is 0 Å². The summed E-state index contributed by atoms with van der Waals surface area (Å²) in [4.78, 5) is 0. The van der Waals surface area contributed by atoms with Gasteiger partial charge < -0.3 is 0 Å². The summed E-state index contributed by atoms with van der Waals surface area (Å²) in [5, 5.41) is 0. The van der Waals surface area contributed by atoms with Gasteiger partial charge in [0.25, 0.3) is 0 Å². The maximum absolute atomic E-state index is 2.62. The minimum absolute atomic E-state index is 0.898. The molecule has 3 fully saturated rings. The highest BCUT2D eigenvalue weighted by Crippen LogP contribution is 2.48. The van der Waals surface area contributed by atoms with Gasteiger partial charge in [0, 0.05) is 0 Å². The van der Waals surface area contributed by atoms with Crippen molar-refractivity contribution in [2.75, 3.05) is 0 Å². The summed E-state index contributed by atoms with van der Waals surface area (Å²) in [7, 11) is 0. The highest BCUT2D eigenvalue weighted by atomic mass is 14.4. The Morgan fingerprint density at radius 2 is 1.31 bits per heavy atom. The Labute approximate surface area is 165 Å². The van der Waals surface area contributed by atoms with Crippen molar-refractivity contribution in [2.24, 2.45) is 47.3 Å². The van der Waals surface area contributed by atoms with Gasteiger partial charge >= 0.3 is 0 Å². The van der Waals surface area contributed by atoms with Gasteiger partial charge in [0.15, 0.2) is 0 Å². The fraction of sp³-hybridized carbons (Fsp3) is 1.00. The molecule has 0 spiro atoms. The van der Waals surface area contributed by atoms with Gasteiger partial charge in [0.1, 0.15) is 0 Å². The second-order valence-corrected chi connectivity index (χ2v) is 11.3. The Bertz CT molecular complexity index is 381. The molecule has 0 saturated heterocycles. The lowest BCUT2D eigenvalue weighted by Crippen LogP contribution is -2.34. The largest absolute Gasteiger partial charge is 0.0628 e. The first-order valence-corrected chi connectivity index (χ1v) is 12.5. The average Bonchev–Trinajstić information content (AvgIpc) is 2.63. The molecule has 3 atom stereocenters. The smallest absolute Gasteiger partial charge is 0.0360 e. The van der Waals surface area contributed by atoms with Crippen LogP contribution in [0.1, 0.15) is 118 Å². The Morgan fingerprint density at radius 1 is 0.692 bits per heavy atom. The molecule has 0 amide bonds. The molecule has 3 unspecified atom stereocenters. The molecule has 0 heterocycles. The highest BCUT2D eigenvalue weighted by molar-refractivity contribution is 4.88. The van der Waals surface area contributed by atoms with Gasteiger partial charge in [-0.25, -0.2) is 0 Å². The van der Waals surface area contributed by atoms with E-state index in [0.717, 1.165) is 47.3 Å². The van der Waals surface area contributed by atoms with Crippen LogP contribution in [0.5, 0.6) is 0 Å². The molecule has 3 saturated carbocycles. The Balaban J connectivity index is 1.38. The summed E-state index contributed by atoms with van der Waals surface area (Å²) in [5.74, 6) is 8.32. The molecule has 0 aromatic rings. The van der Waals surface area contributed by atoms with Crippen LogP contribution in [-0.2, 0) is 0 Å². The normalized spacial score (nSPS) is 42.1. The van der Waals surface area contributed by atoms with E-state index in [1.54, 1.807) is 57.8 Å². The molecule has 0 nitrogen and oxygen atoms in total. The molecule has 0 aromatic heterocycles. The first kappa shape index (κ1) is 20.7. The van der Waals surface area contributed by atoms with Crippen molar-refractivity contribution in [1.29, 1.82) is 0 Å². The van der Waals surface area contributed by atoms with E-state index < -0.39 is 0 Å². The van der Waals surface area contributed by atoms with E-state index in [9.17, 15) is 0 Å². The highest BCUT2D eigenvalue weighted by Gasteiger charge is 2.37. The van der Waals surface area contributed by atoms with Crippen molar-refractivity contribution in [2.45, 2.75) is 118 Å². The van der Waals surface area contributed by atoms with E-state index in [2.05, 4.69) is 27.7 Å². The predicted octanol–water partition coefficient (Wildman–Crippen LogP) is 8.50. The Kier molecular flexibility index (Phi) is 7.95. The third kappa shape index (κ3) is 5.75. The molecule has 3 rings (SSSR count). The van der Waals surface area contributed by atoms with Crippen molar-refractivity contribution in [3.63, 3.8) is 0 Å². The van der Waals surface area contributed by atoms with Crippen LogP contribution >= 0.6 is 0 Å². The summed E-state index contributed by atoms with van der Waals surface area (Å²) in [6.07, 6.45) is 21.5. The van der Waals surface area contributed by atoms with Crippen molar-refractivity contribution < 1.29 is 0 Å². The van der Waals surface area contributed by atoms with Crippen LogP contribution in [0.3, 0.4) is 0 Å². The lowest BCUT2D eigenvalue weighted by molar-refractivity contribution is 0.0632. The van der Waals surface area contributed by atoms with Crippen LogP contribution in [0, 0.1) is 47.3 Å². The molecule has 3 aliphatic carbocycles. The second kappa shape index (κ2) is 9.97. The van der Waals surface area contributed by atoms with Gasteiger partial charge in [0.2, 0.25) is 0 Å². The summed E-state index contributed by atoms with van der Waals surface area (Å²) >= 11 is 0. The molecular weight excluding hydrogens is 312 g/mol. The molecule has 0 N–H and O–H groups in total. The second-order valence-electron chi connectivity index (χ2n) is 11.3. The summed E-state index contributed by atoms with van der Waals surface area (Å²) < 4.78 is 0. The maximum Gasteiger partial charge on any atom is -0.0360 e. The molecule has 0 radical (unpaired) electrons. The van der Waals surface area contributed by atoms with Crippen molar-refractivity contribution >= 4 is 0 Å². The SMILES string of the molecule is CC(C)CCCC1CCC(C2CCC(C3CCC(C)CC3)CC2C)CC1. The van der Waals surface area contributed by atoms with Crippen LogP contribution < -0.4 is 0 Å². The van der Waals surface area contributed by atoms with E-state index in [1.165, 1.54) is 32.1 Å². The van der Waals surface area contributed by atoms with E-state index >= 15 is 0 Å². The van der Waals surface area contributed by atoms with Gasteiger partial charge in [0.05, 0.1) is 0 Å². The van der Waals surface area contributed by atoms with E-state index in [4.69, 9.17) is 0 Å². The van der Waals surface area contributed by atoms with Gasteiger partial charge in [-0.1, -0.05) is 72.6 Å². The van der Waals surface area contributed by atoms with Crippen LogP contribution in [0.2, 0.25) is 0 Å². The van der Waals surface area contributed by atoms with Crippen LogP contribution in [0.4, 0.5) is 0 Å². The van der Waals surface area contributed by atoms with Crippen LogP contribution in [0.25, 0.3) is 0 Å². The summed E-state index contributed by atoms with van der Waals surface area (Å²) in [6.45, 7) is 9.84. The van der Waals surface area contributed by atoms with Crippen molar-refractivity contribution in [3.05, 3.63) is 0 Å². The molecule has 0 bridgehead atoms. The minimum atomic E-state index is 0.898. The quantitative estimate of drug-likeness (QED) is 0.445. The van der Waals surface area contributed by atoms with Gasteiger partial charge in [-0.15, -0.1) is 0 Å². The average molecular weight is 361 g/mol. The monoisotopic (exact) mass is 360 g/mol. The van der Waals surface area contributed by atoms with E-state index in [-0.39, 0.29) is 0 Å². The third-order valence-electron chi connectivity index (χ3n) is 8.89. The summed E-state index contributed by atoms with van der Waals surface area (Å²) in [6, 6.07) is 0.